The monoisotopic (exact) mass is 261 g/mol. The van der Waals surface area contributed by atoms with Gasteiger partial charge in [0, 0.05) is 12.6 Å². The van der Waals surface area contributed by atoms with Crippen LogP contribution in [0, 0.1) is 25.2 Å². The van der Waals surface area contributed by atoms with Crippen LogP contribution in [0.1, 0.15) is 30.2 Å². The first-order valence-electron chi connectivity index (χ1n) is 6.46. The molecule has 0 bridgehead atoms. The van der Waals surface area contributed by atoms with Gasteiger partial charge in [-0.05, 0) is 32.8 Å². The van der Waals surface area contributed by atoms with Crippen molar-refractivity contribution in [1.29, 1.82) is 5.26 Å². The Hall–Kier alpha value is -1.71. The van der Waals surface area contributed by atoms with Gasteiger partial charge in [0.25, 0.3) is 0 Å². The fourth-order valence-corrected chi connectivity index (χ4v) is 2.23. The number of rotatable bonds is 4. The number of nitriles is 1. The van der Waals surface area contributed by atoms with Gasteiger partial charge in [-0.25, -0.2) is 0 Å². The highest BCUT2D eigenvalue weighted by Gasteiger charge is 2.40. The molecule has 0 aromatic carbocycles. The molecule has 0 saturated heterocycles. The van der Waals surface area contributed by atoms with Gasteiger partial charge < -0.3 is 15.8 Å². The summed E-state index contributed by atoms with van der Waals surface area (Å²) in [6.07, 6.45) is 0.904. The van der Waals surface area contributed by atoms with Crippen LogP contribution in [0.15, 0.2) is 0 Å². The summed E-state index contributed by atoms with van der Waals surface area (Å²) in [6, 6.07) is 2.18. The Morgan fingerprint density at radius 2 is 2.21 bits per heavy atom. The Kier molecular flexibility index (Phi) is 3.98. The van der Waals surface area contributed by atoms with Crippen molar-refractivity contribution in [2.45, 2.75) is 45.4 Å². The minimum absolute atomic E-state index is 0.0107. The highest BCUT2D eigenvalue weighted by molar-refractivity contribution is 5.56. The lowest BCUT2D eigenvalue weighted by Crippen LogP contribution is -2.60. The summed E-state index contributed by atoms with van der Waals surface area (Å²) in [5, 5.41) is 20.6. The molecule has 1 heterocycles. The smallest absolute Gasteiger partial charge is 0.167 e. The standard InChI is InChI=1S/C13H19N5O/c1-4-19-11-5-10(15)12(11)16-13-9(6-14)7(2)8(3)17-18-13/h10-12H,4-5,15H2,1-3H3,(H,16,18). The summed E-state index contributed by atoms with van der Waals surface area (Å²) in [6.45, 7) is 6.32. The maximum absolute atomic E-state index is 9.24. The second-order valence-corrected chi connectivity index (χ2v) is 4.81. The van der Waals surface area contributed by atoms with Crippen LogP contribution in [0.2, 0.25) is 0 Å². The zero-order valence-electron chi connectivity index (χ0n) is 11.5. The molecule has 0 aliphatic heterocycles. The molecule has 19 heavy (non-hydrogen) atoms. The van der Waals surface area contributed by atoms with E-state index in [0.717, 1.165) is 17.7 Å². The summed E-state index contributed by atoms with van der Waals surface area (Å²) in [7, 11) is 0. The molecule has 0 amide bonds. The van der Waals surface area contributed by atoms with Gasteiger partial charge in [-0.1, -0.05) is 0 Å². The molecule has 0 spiro atoms. The minimum Gasteiger partial charge on any atom is -0.376 e. The first-order chi connectivity index (χ1) is 9.08. The highest BCUT2D eigenvalue weighted by Crippen LogP contribution is 2.27. The molecule has 1 saturated carbocycles. The zero-order chi connectivity index (χ0) is 14.0. The van der Waals surface area contributed by atoms with Crippen molar-refractivity contribution in [3.05, 3.63) is 16.8 Å². The lowest BCUT2D eigenvalue weighted by molar-refractivity contribution is -0.0127. The minimum atomic E-state index is -0.0107. The third-order valence-electron chi connectivity index (χ3n) is 3.62. The van der Waals surface area contributed by atoms with Gasteiger partial charge in [-0.3, -0.25) is 0 Å². The Morgan fingerprint density at radius 3 is 2.79 bits per heavy atom. The van der Waals surface area contributed by atoms with Crippen LogP contribution in [0.3, 0.4) is 0 Å². The largest absolute Gasteiger partial charge is 0.376 e. The number of hydrogen-bond acceptors (Lipinski definition) is 6. The number of aromatic nitrogens is 2. The van der Waals surface area contributed by atoms with Gasteiger partial charge >= 0.3 is 0 Å². The molecule has 1 aliphatic rings. The van der Waals surface area contributed by atoms with E-state index in [1.807, 2.05) is 20.8 Å². The van der Waals surface area contributed by atoms with Gasteiger partial charge in [-0.15, -0.1) is 5.10 Å². The number of anilines is 1. The van der Waals surface area contributed by atoms with Gasteiger partial charge in [0.1, 0.15) is 11.6 Å². The Balaban J connectivity index is 2.20. The molecule has 6 nitrogen and oxygen atoms in total. The summed E-state index contributed by atoms with van der Waals surface area (Å²) in [5.74, 6) is 0.496. The summed E-state index contributed by atoms with van der Waals surface area (Å²) >= 11 is 0. The molecule has 6 heteroatoms. The van der Waals surface area contributed by atoms with Crippen molar-refractivity contribution in [2.24, 2.45) is 5.73 Å². The van der Waals surface area contributed by atoms with Crippen molar-refractivity contribution in [3.8, 4) is 6.07 Å². The average Bonchev–Trinajstić information content (AvgIpc) is 2.39. The fourth-order valence-electron chi connectivity index (χ4n) is 2.23. The molecular weight excluding hydrogens is 242 g/mol. The van der Waals surface area contributed by atoms with E-state index in [-0.39, 0.29) is 18.2 Å². The van der Waals surface area contributed by atoms with E-state index >= 15 is 0 Å². The molecule has 3 atom stereocenters. The molecule has 1 aliphatic carbocycles. The molecule has 1 aromatic heterocycles. The lowest BCUT2D eigenvalue weighted by atomic mass is 9.83. The molecule has 1 fully saturated rings. The Labute approximate surface area is 113 Å². The van der Waals surface area contributed by atoms with Gasteiger partial charge in [0.2, 0.25) is 0 Å². The molecule has 3 N–H and O–H groups in total. The van der Waals surface area contributed by atoms with Crippen LogP contribution in [0.4, 0.5) is 5.82 Å². The molecular formula is C13H19N5O. The molecule has 2 rings (SSSR count). The summed E-state index contributed by atoms with van der Waals surface area (Å²) < 4.78 is 5.59. The Bertz CT molecular complexity index is 508. The van der Waals surface area contributed by atoms with E-state index in [4.69, 9.17) is 10.5 Å². The van der Waals surface area contributed by atoms with E-state index in [9.17, 15) is 5.26 Å². The van der Waals surface area contributed by atoms with Crippen LogP contribution in [-0.4, -0.2) is 35.0 Å². The Morgan fingerprint density at radius 1 is 1.47 bits per heavy atom. The topological polar surface area (TPSA) is 96.8 Å². The van der Waals surface area contributed by atoms with E-state index in [0.29, 0.717) is 18.0 Å². The first kappa shape index (κ1) is 13.7. The van der Waals surface area contributed by atoms with Crippen LogP contribution in [0.25, 0.3) is 0 Å². The van der Waals surface area contributed by atoms with Crippen molar-refractivity contribution in [3.63, 3.8) is 0 Å². The third kappa shape index (κ3) is 2.53. The van der Waals surface area contributed by atoms with Crippen LogP contribution < -0.4 is 11.1 Å². The number of aryl methyl sites for hydroxylation is 1. The van der Waals surface area contributed by atoms with Crippen molar-refractivity contribution in [1.82, 2.24) is 10.2 Å². The van der Waals surface area contributed by atoms with Crippen LogP contribution in [-0.2, 0) is 4.74 Å². The zero-order valence-corrected chi connectivity index (χ0v) is 11.5. The van der Waals surface area contributed by atoms with Crippen LogP contribution >= 0.6 is 0 Å². The number of hydrogen-bond donors (Lipinski definition) is 2. The van der Waals surface area contributed by atoms with E-state index in [1.165, 1.54) is 0 Å². The first-order valence-corrected chi connectivity index (χ1v) is 6.46. The van der Waals surface area contributed by atoms with Crippen LogP contribution in [0.5, 0.6) is 0 Å². The number of nitrogens with one attached hydrogen (secondary N) is 1. The second kappa shape index (κ2) is 5.51. The van der Waals surface area contributed by atoms with Gasteiger partial charge in [-0.2, -0.15) is 10.4 Å². The van der Waals surface area contributed by atoms with Crippen molar-refractivity contribution < 1.29 is 4.74 Å². The number of nitrogens with two attached hydrogens (primary N) is 1. The van der Waals surface area contributed by atoms with Gasteiger partial charge in [0.05, 0.1) is 17.8 Å². The highest BCUT2D eigenvalue weighted by atomic mass is 16.5. The molecule has 102 valence electrons. The molecule has 3 unspecified atom stereocenters. The summed E-state index contributed by atoms with van der Waals surface area (Å²) in [4.78, 5) is 0. The predicted octanol–water partition coefficient (Wildman–Crippen LogP) is 0.882. The SMILES string of the molecule is CCOC1CC(N)C1Nc1nnc(C)c(C)c1C#N. The van der Waals surface area contributed by atoms with Gasteiger partial charge in [0.15, 0.2) is 5.82 Å². The normalized spacial score (nSPS) is 25.5. The maximum atomic E-state index is 9.24. The lowest BCUT2D eigenvalue weighted by Gasteiger charge is -2.42. The summed E-state index contributed by atoms with van der Waals surface area (Å²) in [5.41, 5.74) is 8.12. The number of ether oxygens (including phenoxy) is 1. The quantitative estimate of drug-likeness (QED) is 0.835. The fraction of sp³-hybridized carbons (Fsp3) is 0.615. The molecule has 1 aromatic rings. The van der Waals surface area contributed by atoms with Crippen molar-refractivity contribution >= 4 is 5.82 Å². The van der Waals surface area contributed by atoms with E-state index in [2.05, 4.69) is 21.6 Å². The molecule has 0 radical (unpaired) electrons. The van der Waals surface area contributed by atoms with E-state index < -0.39 is 0 Å². The number of nitrogens with zero attached hydrogens (tertiary/aromatic N) is 3. The average molecular weight is 261 g/mol. The van der Waals surface area contributed by atoms with Crippen molar-refractivity contribution in [2.75, 3.05) is 11.9 Å². The van der Waals surface area contributed by atoms with E-state index in [1.54, 1.807) is 0 Å². The predicted molar refractivity (Wildman–Crippen MR) is 71.6 cm³/mol. The second-order valence-electron chi connectivity index (χ2n) is 4.81. The third-order valence-corrected chi connectivity index (χ3v) is 3.62. The maximum Gasteiger partial charge on any atom is 0.167 e.